The summed E-state index contributed by atoms with van der Waals surface area (Å²) in [7, 11) is 3.90. The van der Waals surface area contributed by atoms with Gasteiger partial charge in [0.15, 0.2) is 0 Å². The Hall–Kier alpha value is -1.37. The predicted octanol–water partition coefficient (Wildman–Crippen LogP) is 0.450. The van der Waals surface area contributed by atoms with Crippen molar-refractivity contribution in [2.75, 3.05) is 53.4 Å². The van der Waals surface area contributed by atoms with E-state index < -0.39 is 6.10 Å². The summed E-state index contributed by atoms with van der Waals surface area (Å²) in [5, 5.41) is 10.3. The van der Waals surface area contributed by atoms with Crippen LogP contribution in [-0.2, 0) is 4.79 Å². The number of rotatable bonds is 6. The molecule has 128 valence electrons. The molecule has 1 saturated heterocycles. The maximum atomic E-state index is 12.4. The van der Waals surface area contributed by atoms with Crippen LogP contribution in [0.2, 0.25) is 0 Å². The van der Waals surface area contributed by atoms with Crippen molar-refractivity contribution in [2.45, 2.75) is 18.4 Å². The smallest absolute Gasteiger partial charge is 0.226 e. The third-order valence-electron chi connectivity index (χ3n) is 4.94. The zero-order valence-corrected chi connectivity index (χ0v) is 14.0. The van der Waals surface area contributed by atoms with Crippen molar-refractivity contribution >= 4 is 5.91 Å². The zero-order valence-electron chi connectivity index (χ0n) is 14.0. The maximum absolute atomic E-state index is 12.4. The molecule has 0 radical (unpaired) electrons. The lowest BCUT2D eigenvalue weighted by Gasteiger charge is -2.34. The minimum Gasteiger partial charge on any atom is -0.469 e. The van der Waals surface area contributed by atoms with Gasteiger partial charge in [-0.05, 0) is 25.6 Å². The standard InChI is InChI=1S/C17H27N3O3/c1-18-5-7-20(8-6-18)12-13(21)11-19(2)17(22)15-10-14(15)16-4-3-9-23-16/h3-4,9,13-15,21H,5-8,10-12H2,1-2H3. The van der Waals surface area contributed by atoms with Gasteiger partial charge in [0.05, 0.1) is 12.4 Å². The van der Waals surface area contributed by atoms with Gasteiger partial charge in [-0.15, -0.1) is 0 Å². The highest BCUT2D eigenvalue weighted by molar-refractivity contribution is 5.82. The van der Waals surface area contributed by atoms with Crippen molar-refractivity contribution in [2.24, 2.45) is 5.92 Å². The van der Waals surface area contributed by atoms with E-state index in [0.717, 1.165) is 38.4 Å². The van der Waals surface area contributed by atoms with Crippen LogP contribution in [-0.4, -0.2) is 85.2 Å². The number of carbonyl (C=O) groups excluding carboxylic acids is 1. The SMILES string of the molecule is CN1CCN(CC(O)CN(C)C(=O)C2CC2c2ccco2)CC1. The van der Waals surface area contributed by atoms with Crippen LogP contribution in [0.4, 0.5) is 0 Å². The minimum atomic E-state index is -0.492. The second-order valence-electron chi connectivity index (χ2n) is 6.94. The van der Waals surface area contributed by atoms with Crippen molar-refractivity contribution in [3.8, 4) is 0 Å². The number of aliphatic hydroxyl groups excluding tert-OH is 1. The van der Waals surface area contributed by atoms with Crippen molar-refractivity contribution in [3.63, 3.8) is 0 Å². The molecular formula is C17H27N3O3. The highest BCUT2D eigenvalue weighted by Gasteiger charge is 2.47. The van der Waals surface area contributed by atoms with E-state index in [1.165, 1.54) is 0 Å². The first-order chi connectivity index (χ1) is 11.0. The van der Waals surface area contributed by atoms with Crippen molar-refractivity contribution in [3.05, 3.63) is 24.2 Å². The number of β-amino-alcohol motifs (C(OH)–C–C–N with tert-alkyl or cyclic N) is 1. The van der Waals surface area contributed by atoms with Gasteiger partial charge in [0.1, 0.15) is 5.76 Å². The number of hydrogen-bond acceptors (Lipinski definition) is 5. The summed E-state index contributed by atoms with van der Waals surface area (Å²) in [5.41, 5.74) is 0. The average Bonchev–Trinajstić information content (AvgIpc) is 3.13. The fraction of sp³-hybridized carbons (Fsp3) is 0.706. The molecule has 0 spiro atoms. The van der Waals surface area contributed by atoms with E-state index in [1.54, 1.807) is 18.2 Å². The summed E-state index contributed by atoms with van der Waals surface area (Å²) in [5.74, 6) is 1.25. The lowest BCUT2D eigenvalue weighted by atomic mass is 10.2. The highest BCUT2D eigenvalue weighted by Crippen LogP contribution is 2.48. The molecule has 3 unspecified atom stereocenters. The Balaban J connectivity index is 1.42. The van der Waals surface area contributed by atoms with Crippen LogP contribution in [0.25, 0.3) is 0 Å². The Morgan fingerprint density at radius 1 is 1.43 bits per heavy atom. The lowest BCUT2D eigenvalue weighted by Crippen LogP contribution is -2.49. The normalized spacial score (nSPS) is 26.9. The monoisotopic (exact) mass is 321 g/mol. The minimum absolute atomic E-state index is 0.0157. The van der Waals surface area contributed by atoms with E-state index in [0.29, 0.717) is 13.1 Å². The molecule has 3 atom stereocenters. The van der Waals surface area contributed by atoms with E-state index in [2.05, 4.69) is 16.8 Å². The van der Waals surface area contributed by atoms with Gasteiger partial charge >= 0.3 is 0 Å². The summed E-state index contributed by atoms with van der Waals surface area (Å²) in [6.45, 7) is 5.07. The molecule has 2 fully saturated rings. The fourth-order valence-corrected chi connectivity index (χ4v) is 3.36. The average molecular weight is 321 g/mol. The first-order valence-electron chi connectivity index (χ1n) is 8.42. The van der Waals surface area contributed by atoms with Crippen molar-refractivity contribution < 1.29 is 14.3 Å². The zero-order chi connectivity index (χ0) is 16.4. The first kappa shape index (κ1) is 16.5. The molecule has 1 aromatic heterocycles. The quantitative estimate of drug-likeness (QED) is 0.824. The van der Waals surface area contributed by atoms with E-state index in [4.69, 9.17) is 4.42 Å². The summed E-state index contributed by atoms with van der Waals surface area (Å²) in [6.07, 6.45) is 2.01. The van der Waals surface area contributed by atoms with Gasteiger partial charge in [0.25, 0.3) is 0 Å². The van der Waals surface area contributed by atoms with Gasteiger partial charge in [-0.3, -0.25) is 9.69 Å². The Bertz CT molecular complexity index is 511. The fourth-order valence-electron chi connectivity index (χ4n) is 3.36. The van der Waals surface area contributed by atoms with Crippen LogP contribution < -0.4 is 0 Å². The Morgan fingerprint density at radius 2 is 2.17 bits per heavy atom. The molecule has 6 heteroatoms. The topological polar surface area (TPSA) is 60.2 Å². The van der Waals surface area contributed by atoms with Gasteiger partial charge in [0, 0.05) is 58.2 Å². The first-order valence-corrected chi connectivity index (χ1v) is 8.42. The second kappa shape index (κ2) is 7.03. The Morgan fingerprint density at radius 3 is 2.83 bits per heavy atom. The molecular weight excluding hydrogens is 294 g/mol. The predicted molar refractivity (Wildman–Crippen MR) is 87.1 cm³/mol. The van der Waals surface area contributed by atoms with Crippen molar-refractivity contribution in [1.29, 1.82) is 0 Å². The molecule has 6 nitrogen and oxygen atoms in total. The third kappa shape index (κ3) is 4.13. The van der Waals surface area contributed by atoms with Gasteiger partial charge < -0.3 is 19.3 Å². The summed E-state index contributed by atoms with van der Waals surface area (Å²) in [6, 6.07) is 3.79. The van der Waals surface area contributed by atoms with E-state index in [-0.39, 0.29) is 17.7 Å². The van der Waals surface area contributed by atoms with Crippen LogP contribution in [0.3, 0.4) is 0 Å². The molecule has 23 heavy (non-hydrogen) atoms. The molecule has 1 N–H and O–H groups in total. The third-order valence-corrected chi connectivity index (χ3v) is 4.94. The molecule has 1 amide bonds. The Kier molecular flexibility index (Phi) is 5.04. The van der Waals surface area contributed by atoms with Crippen LogP contribution in [0.1, 0.15) is 18.1 Å². The summed E-state index contributed by atoms with van der Waals surface area (Å²) >= 11 is 0. The molecule has 1 saturated carbocycles. The number of piperazine rings is 1. The number of nitrogens with zero attached hydrogens (tertiary/aromatic N) is 3. The van der Waals surface area contributed by atoms with Gasteiger partial charge in [-0.2, -0.15) is 0 Å². The van der Waals surface area contributed by atoms with Gasteiger partial charge in [-0.1, -0.05) is 0 Å². The van der Waals surface area contributed by atoms with E-state index in [1.807, 2.05) is 12.1 Å². The number of aliphatic hydroxyl groups is 1. The summed E-state index contributed by atoms with van der Waals surface area (Å²) < 4.78 is 5.38. The van der Waals surface area contributed by atoms with Crippen LogP contribution in [0, 0.1) is 5.92 Å². The molecule has 0 bridgehead atoms. The number of carbonyl (C=O) groups is 1. The number of likely N-dealkylation sites (N-methyl/N-ethyl adjacent to an activating group) is 2. The van der Waals surface area contributed by atoms with Gasteiger partial charge in [0.2, 0.25) is 5.91 Å². The number of amides is 1. The molecule has 1 aliphatic heterocycles. The maximum Gasteiger partial charge on any atom is 0.226 e. The molecule has 1 aliphatic carbocycles. The molecule has 2 heterocycles. The van der Waals surface area contributed by atoms with Gasteiger partial charge in [-0.25, -0.2) is 0 Å². The van der Waals surface area contributed by atoms with Crippen LogP contribution in [0.15, 0.2) is 22.8 Å². The summed E-state index contributed by atoms with van der Waals surface area (Å²) in [4.78, 5) is 18.7. The molecule has 1 aromatic rings. The van der Waals surface area contributed by atoms with E-state index in [9.17, 15) is 9.90 Å². The Labute approximate surface area is 137 Å². The number of furan rings is 1. The molecule has 0 aromatic carbocycles. The number of hydrogen-bond donors (Lipinski definition) is 1. The second-order valence-corrected chi connectivity index (χ2v) is 6.94. The van der Waals surface area contributed by atoms with E-state index >= 15 is 0 Å². The van der Waals surface area contributed by atoms with Crippen molar-refractivity contribution in [1.82, 2.24) is 14.7 Å². The van der Waals surface area contributed by atoms with Crippen LogP contribution in [0.5, 0.6) is 0 Å². The lowest BCUT2D eigenvalue weighted by molar-refractivity contribution is -0.132. The molecule has 3 rings (SSSR count). The largest absolute Gasteiger partial charge is 0.469 e. The van der Waals surface area contributed by atoms with Crippen LogP contribution >= 0.6 is 0 Å². The molecule has 2 aliphatic rings. The highest BCUT2D eigenvalue weighted by atomic mass is 16.3.